The summed E-state index contributed by atoms with van der Waals surface area (Å²) in [5.41, 5.74) is 5.60. The largest absolute Gasteiger partial charge is 0.381 e. The van der Waals surface area contributed by atoms with Crippen molar-refractivity contribution in [3.63, 3.8) is 0 Å². The maximum absolute atomic E-state index is 11.7. The van der Waals surface area contributed by atoms with Gasteiger partial charge in [0.2, 0.25) is 5.91 Å². The molecule has 1 fully saturated rings. The maximum atomic E-state index is 11.7. The third-order valence-corrected chi connectivity index (χ3v) is 4.34. The molecule has 4 nitrogen and oxygen atoms in total. The highest BCUT2D eigenvalue weighted by molar-refractivity contribution is 9.10. The third kappa shape index (κ3) is 2.79. The molecule has 0 atom stereocenters. The SMILES string of the molecule is NC(=O)C1(Nc2ccc(Cl)c(Br)c2)CCOCC1. The average molecular weight is 334 g/mol. The van der Waals surface area contributed by atoms with Gasteiger partial charge in [0.1, 0.15) is 5.54 Å². The highest BCUT2D eigenvalue weighted by atomic mass is 79.9. The first-order valence-corrected chi connectivity index (χ1v) is 6.81. The molecule has 1 aromatic carbocycles. The molecule has 1 amide bonds. The number of carbonyl (C=O) groups is 1. The van der Waals surface area contributed by atoms with Gasteiger partial charge in [0, 0.05) is 36.2 Å². The van der Waals surface area contributed by atoms with Crippen LogP contribution < -0.4 is 11.1 Å². The summed E-state index contributed by atoms with van der Waals surface area (Å²) in [7, 11) is 0. The van der Waals surface area contributed by atoms with Gasteiger partial charge in [-0.2, -0.15) is 0 Å². The number of primary amides is 1. The molecular weight excluding hydrogens is 320 g/mol. The molecule has 0 aromatic heterocycles. The minimum Gasteiger partial charge on any atom is -0.381 e. The van der Waals surface area contributed by atoms with E-state index in [9.17, 15) is 4.79 Å². The fourth-order valence-corrected chi connectivity index (χ4v) is 2.50. The Bertz CT molecular complexity index is 461. The van der Waals surface area contributed by atoms with Crippen molar-refractivity contribution in [2.45, 2.75) is 18.4 Å². The van der Waals surface area contributed by atoms with Gasteiger partial charge in [-0.05, 0) is 34.1 Å². The summed E-state index contributed by atoms with van der Waals surface area (Å²) in [4.78, 5) is 11.7. The number of nitrogens with two attached hydrogens (primary N) is 1. The maximum Gasteiger partial charge on any atom is 0.243 e. The molecule has 6 heteroatoms. The number of ether oxygens (including phenoxy) is 1. The normalized spacial score (nSPS) is 18.3. The summed E-state index contributed by atoms with van der Waals surface area (Å²) in [6.45, 7) is 1.06. The molecule has 0 radical (unpaired) electrons. The van der Waals surface area contributed by atoms with Crippen LogP contribution in [0.2, 0.25) is 5.02 Å². The Balaban J connectivity index is 2.23. The van der Waals surface area contributed by atoms with Gasteiger partial charge in [-0.3, -0.25) is 4.79 Å². The zero-order valence-electron chi connectivity index (χ0n) is 9.71. The third-order valence-electron chi connectivity index (χ3n) is 3.12. The molecule has 0 saturated carbocycles. The molecule has 2 rings (SSSR count). The molecule has 1 saturated heterocycles. The van der Waals surface area contributed by atoms with Gasteiger partial charge in [0.15, 0.2) is 0 Å². The Labute approximate surface area is 119 Å². The second-order valence-corrected chi connectivity index (χ2v) is 5.57. The van der Waals surface area contributed by atoms with E-state index in [4.69, 9.17) is 22.1 Å². The molecule has 1 aliphatic heterocycles. The van der Waals surface area contributed by atoms with Crippen molar-refractivity contribution in [3.8, 4) is 0 Å². The number of hydrogen-bond acceptors (Lipinski definition) is 3. The van der Waals surface area contributed by atoms with Crippen LogP contribution in [0.3, 0.4) is 0 Å². The molecule has 0 unspecified atom stereocenters. The van der Waals surface area contributed by atoms with Crippen molar-refractivity contribution >= 4 is 39.1 Å². The number of carbonyl (C=O) groups excluding carboxylic acids is 1. The number of anilines is 1. The van der Waals surface area contributed by atoms with Crippen LogP contribution in [0.25, 0.3) is 0 Å². The number of hydrogen-bond donors (Lipinski definition) is 2. The van der Waals surface area contributed by atoms with Crippen LogP contribution >= 0.6 is 27.5 Å². The lowest BCUT2D eigenvalue weighted by Crippen LogP contribution is -2.53. The molecule has 1 aromatic rings. The van der Waals surface area contributed by atoms with E-state index in [1.807, 2.05) is 12.1 Å². The quantitative estimate of drug-likeness (QED) is 0.893. The van der Waals surface area contributed by atoms with Crippen LogP contribution in [0.1, 0.15) is 12.8 Å². The summed E-state index contributed by atoms with van der Waals surface area (Å²) >= 11 is 9.29. The average Bonchev–Trinajstić information content (AvgIpc) is 2.35. The molecule has 1 heterocycles. The van der Waals surface area contributed by atoms with Gasteiger partial charge in [0.05, 0.1) is 5.02 Å². The van der Waals surface area contributed by atoms with E-state index in [0.717, 1.165) is 10.2 Å². The smallest absolute Gasteiger partial charge is 0.243 e. The van der Waals surface area contributed by atoms with Crippen molar-refractivity contribution in [2.75, 3.05) is 18.5 Å². The second kappa shape index (κ2) is 5.47. The van der Waals surface area contributed by atoms with Gasteiger partial charge in [-0.15, -0.1) is 0 Å². The highest BCUT2D eigenvalue weighted by Crippen LogP contribution is 2.30. The van der Waals surface area contributed by atoms with E-state index in [1.165, 1.54) is 0 Å². The summed E-state index contributed by atoms with van der Waals surface area (Å²) < 4.78 is 6.06. The predicted octanol–water partition coefficient (Wildman–Crippen LogP) is 2.55. The van der Waals surface area contributed by atoms with E-state index in [0.29, 0.717) is 31.1 Å². The minimum absolute atomic E-state index is 0.350. The van der Waals surface area contributed by atoms with Gasteiger partial charge < -0.3 is 15.8 Å². The molecule has 98 valence electrons. The molecule has 0 aliphatic carbocycles. The summed E-state index contributed by atoms with van der Waals surface area (Å²) in [5, 5.41) is 3.84. The van der Waals surface area contributed by atoms with Crippen LogP contribution in [-0.4, -0.2) is 24.7 Å². The molecule has 3 N–H and O–H groups in total. The van der Waals surface area contributed by atoms with E-state index >= 15 is 0 Å². The van der Waals surface area contributed by atoms with Crippen LogP contribution in [0.4, 0.5) is 5.69 Å². The number of rotatable bonds is 3. The highest BCUT2D eigenvalue weighted by Gasteiger charge is 2.38. The van der Waals surface area contributed by atoms with Crippen LogP contribution in [0, 0.1) is 0 Å². The monoisotopic (exact) mass is 332 g/mol. The number of nitrogens with one attached hydrogen (secondary N) is 1. The lowest BCUT2D eigenvalue weighted by molar-refractivity contribution is -0.125. The van der Waals surface area contributed by atoms with E-state index < -0.39 is 5.54 Å². The van der Waals surface area contributed by atoms with Crippen LogP contribution in [0.5, 0.6) is 0 Å². The number of amides is 1. The molecule has 18 heavy (non-hydrogen) atoms. The van der Waals surface area contributed by atoms with Crippen molar-refractivity contribution in [2.24, 2.45) is 5.73 Å². The number of benzene rings is 1. The molecule has 1 aliphatic rings. The topological polar surface area (TPSA) is 64.4 Å². The second-order valence-electron chi connectivity index (χ2n) is 4.31. The van der Waals surface area contributed by atoms with Gasteiger partial charge in [0.25, 0.3) is 0 Å². The zero-order chi connectivity index (χ0) is 13.2. The van der Waals surface area contributed by atoms with E-state index in [2.05, 4.69) is 21.2 Å². The lowest BCUT2D eigenvalue weighted by atomic mass is 9.89. The summed E-state index contributed by atoms with van der Waals surface area (Å²) in [5.74, 6) is -0.350. The Morgan fingerprint density at radius 3 is 2.67 bits per heavy atom. The number of halogens is 2. The van der Waals surface area contributed by atoms with Crippen molar-refractivity contribution in [1.82, 2.24) is 0 Å². The fraction of sp³-hybridized carbons (Fsp3) is 0.417. The Hall–Kier alpha value is -0.780. The van der Waals surface area contributed by atoms with E-state index in [1.54, 1.807) is 6.07 Å². The van der Waals surface area contributed by atoms with Crippen LogP contribution in [0.15, 0.2) is 22.7 Å². The Kier molecular flexibility index (Phi) is 4.14. The first-order chi connectivity index (χ1) is 8.53. The Morgan fingerprint density at radius 2 is 2.11 bits per heavy atom. The van der Waals surface area contributed by atoms with Gasteiger partial charge >= 0.3 is 0 Å². The fourth-order valence-electron chi connectivity index (χ4n) is 2.00. The van der Waals surface area contributed by atoms with Gasteiger partial charge in [-0.1, -0.05) is 11.6 Å². The first-order valence-electron chi connectivity index (χ1n) is 5.64. The van der Waals surface area contributed by atoms with Crippen molar-refractivity contribution in [1.29, 1.82) is 0 Å². The molecular formula is C12H14BrClN2O2. The van der Waals surface area contributed by atoms with Crippen molar-refractivity contribution in [3.05, 3.63) is 27.7 Å². The lowest BCUT2D eigenvalue weighted by Gasteiger charge is -2.35. The summed E-state index contributed by atoms with van der Waals surface area (Å²) in [6, 6.07) is 5.43. The van der Waals surface area contributed by atoms with Gasteiger partial charge in [-0.25, -0.2) is 0 Å². The first kappa shape index (κ1) is 13.6. The van der Waals surface area contributed by atoms with Crippen LogP contribution in [-0.2, 0) is 9.53 Å². The Morgan fingerprint density at radius 1 is 1.44 bits per heavy atom. The van der Waals surface area contributed by atoms with Crippen molar-refractivity contribution < 1.29 is 9.53 Å². The minimum atomic E-state index is -0.731. The molecule has 0 bridgehead atoms. The zero-order valence-corrected chi connectivity index (χ0v) is 12.1. The molecule has 0 spiro atoms. The standard InChI is InChI=1S/C12H14BrClN2O2/c13-9-7-8(1-2-10(9)14)16-12(11(15)17)3-5-18-6-4-12/h1-2,7,16H,3-6H2,(H2,15,17). The predicted molar refractivity (Wildman–Crippen MR) is 74.8 cm³/mol. The van der Waals surface area contributed by atoms with E-state index in [-0.39, 0.29) is 5.91 Å². The summed E-state index contributed by atoms with van der Waals surface area (Å²) in [6.07, 6.45) is 1.14.